The fraction of sp³-hybridized carbons (Fsp3) is 0.579. The zero-order valence-electron chi connectivity index (χ0n) is 15.0. The van der Waals surface area contributed by atoms with Crippen molar-refractivity contribution in [3.63, 3.8) is 0 Å². The molecule has 0 aromatic carbocycles. The Kier molecular flexibility index (Phi) is 5.79. The minimum atomic E-state index is 0.186. The van der Waals surface area contributed by atoms with Crippen LogP contribution >= 0.6 is 0 Å². The quantitative estimate of drug-likeness (QED) is 0.833. The smallest absolute Gasteiger partial charge is 0.227 e. The molecule has 25 heavy (non-hydrogen) atoms. The predicted octanol–water partition coefficient (Wildman–Crippen LogP) is 3.35. The Morgan fingerprint density at radius 1 is 1.36 bits per heavy atom. The highest BCUT2D eigenvalue weighted by Gasteiger charge is 2.22. The van der Waals surface area contributed by atoms with Gasteiger partial charge < -0.3 is 9.42 Å². The molecule has 1 aliphatic heterocycles. The van der Waals surface area contributed by atoms with Crippen LogP contribution in [0.25, 0.3) is 11.4 Å². The van der Waals surface area contributed by atoms with Crippen molar-refractivity contribution < 1.29 is 9.32 Å². The Hall–Kier alpha value is -2.24. The van der Waals surface area contributed by atoms with E-state index in [0.29, 0.717) is 30.5 Å². The second-order valence-corrected chi connectivity index (χ2v) is 7.07. The normalized spacial score (nSPS) is 18.4. The highest BCUT2D eigenvalue weighted by atomic mass is 16.5. The molecule has 134 valence electrons. The second-order valence-electron chi connectivity index (χ2n) is 7.07. The van der Waals surface area contributed by atoms with Crippen LogP contribution in [0.3, 0.4) is 0 Å². The van der Waals surface area contributed by atoms with Crippen molar-refractivity contribution in [2.75, 3.05) is 13.1 Å². The van der Waals surface area contributed by atoms with E-state index in [4.69, 9.17) is 4.52 Å². The van der Waals surface area contributed by atoms with Gasteiger partial charge in [0, 0.05) is 43.9 Å². The van der Waals surface area contributed by atoms with Crippen LogP contribution in [-0.4, -0.2) is 39.0 Å². The van der Waals surface area contributed by atoms with Crippen molar-refractivity contribution in [2.45, 2.75) is 46.0 Å². The molecule has 6 nitrogen and oxygen atoms in total. The maximum Gasteiger partial charge on any atom is 0.227 e. The number of hydrogen-bond donors (Lipinski definition) is 0. The summed E-state index contributed by atoms with van der Waals surface area (Å²) in [5, 5.41) is 3.97. The standard InChI is InChI=1S/C19H26N4O2/c1-14(2)15-6-4-11-23(12-9-15)18(24)8-7-17-21-19(22-25-17)16-5-3-10-20-13-16/h3,5,10,13-15H,4,6-9,11-12H2,1-2H3. The minimum Gasteiger partial charge on any atom is -0.343 e. The number of pyridine rings is 1. The average Bonchev–Trinajstić information content (AvgIpc) is 2.95. The molecule has 2 aromatic rings. The Morgan fingerprint density at radius 2 is 2.24 bits per heavy atom. The van der Waals surface area contributed by atoms with Gasteiger partial charge in [-0.25, -0.2) is 0 Å². The molecule has 3 rings (SSSR count). The van der Waals surface area contributed by atoms with Gasteiger partial charge >= 0.3 is 0 Å². The van der Waals surface area contributed by atoms with Crippen LogP contribution in [0.1, 0.15) is 45.4 Å². The lowest BCUT2D eigenvalue weighted by atomic mass is 9.89. The maximum absolute atomic E-state index is 12.5. The number of likely N-dealkylation sites (tertiary alicyclic amines) is 1. The lowest BCUT2D eigenvalue weighted by Crippen LogP contribution is -2.32. The lowest BCUT2D eigenvalue weighted by Gasteiger charge is -2.21. The van der Waals surface area contributed by atoms with Crippen molar-refractivity contribution in [3.05, 3.63) is 30.4 Å². The summed E-state index contributed by atoms with van der Waals surface area (Å²) in [6.07, 6.45) is 7.72. The molecule has 2 aromatic heterocycles. The third-order valence-electron chi connectivity index (χ3n) is 5.01. The van der Waals surface area contributed by atoms with E-state index in [1.54, 1.807) is 12.4 Å². The van der Waals surface area contributed by atoms with Gasteiger partial charge in [0.15, 0.2) is 0 Å². The Labute approximate surface area is 148 Å². The van der Waals surface area contributed by atoms with Gasteiger partial charge in [-0.2, -0.15) is 4.98 Å². The predicted molar refractivity (Wildman–Crippen MR) is 94.6 cm³/mol. The topological polar surface area (TPSA) is 72.1 Å². The van der Waals surface area contributed by atoms with Crippen molar-refractivity contribution in [1.82, 2.24) is 20.0 Å². The first-order chi connectivity index (χ1) is 12.1. The first-order valence-corrected chi connectivity index (χ1v) is 9.14. The summed E-state index contributed by atoms with van der Waals surface area (Å²) in [7, 11) is 0. The number of rotatable bonds is 5. The molecular weight excluding hydrogens is 316 g/mol. The first kappa shape index (κ1) is 17.6. The third-order valence-corrected chi connectivity index (χ3v) is 5.01. The number of carbonyl (C=O) groups excluding carboxylic acids is 1. The third kappa shape index (κ3) is 4.65. The summed E-state index contributed by atoms with van der Waals surface area (Å²) in [5.41, 5.74) is 0.816. The van der Waals surface area contributed by atoms with Gasteiger partial charge in [0.25, 0.3) is 0 Å². The molecule has 1 aliphatic rings. The summed E-state index contributed by atoms with van der Waals surface area (Å²) in [4.78, 5) is 22.9. The Morgan fingerprint density at radius 3 is 3.00 bits per heavy atom. The monoisotopic (exact) mass is 342 g/mol. The van der Waals surface area contributed by atoms with Crippen LogP contribution < -0.4 is 0 Å². The summed E-state index contributed by atoms with van der Waals surface area (Å²) in [6.45, 7) is 6.29. The first-order valence-electron chi connectivity index (χ1n) is 9.14. The van der Waals surface area contributed by atoms with Gasteiger partial charge in [-0.1, -0.05) is 19.0 Å². The van der Waals surface area contributed by atoms with Gasteiger partial charge in [-0.05, 0) is 43.2 Å². The highest BCUT2D eigenvalue weighted by Crippen LogP contribution is 2.25. The van der Waals surface area contributed by atoms with Gasteiger partial charge in [-0.15, -0.1) is 0 Å². The molecule has 0 spiro atoms. The Balaban J connectivity index is 1.52. The van der Waals surface area contributed by atoms with Crippen LogP contribution in [0.4, 0.5) is 0 Å². The van der Waals surface area contributed by atoms with E-state index < -0.39 is 0 Å². The molecule has 1 saturated heterocycles. The molecule has 0 N–H and O–H groups in total. The molecule has 0 bridgehead atoms. The van der Waals surface area contributed by atoms with Crippen LogP contribution in [-0.2, 0) is 11.2 Å². The molecule has 1 unspecified atom stereocenters. The highest BCUT2D eigenvalue weighted by molar-refractivity contribution is 5.76. The zero-order chi connectivity index (χ0) is 17.6. The number of aryl methyl sites for hydroxylation is 1. The van der Waals surface area contributed by atoms with Crippen molar-refractivity contribution in [3.8, 4) is 11.4 Å². The molecule has 0 aliphatic carbocycles. The fourth-order valence-electron chi connectivity index (χ4n) is 3.38. The molecule has 1 amide bonds. The van der Waals surface area contributed by atoms with E-state index in [1.165, 1.54) is 6.42 Å². The van der Waals surface area contributed by atoms with Crippen LogP contribution in [0.2, 0.25) is 0 Å². The summed E-state index contributed by atoms with van der Waals surface area (Å²) >= 11 is 0. The zero-order valence-corrected chi connectivity index (χ0v) is 15.0. The van der Waals surface area contributed by atoms with Crippen molar-refractivity contribution >= 4 is 5.91 Å². The number of nitrogens with zero attached hydrogens (tertiary/aromatic N) is 4. The fourth-order valence-corrected chi connectivity index (χ4v) is 3.38. The van der Waals surface area contributed by atoms with Crippen LogP contribution in [0, 0.1) is 11.8 Å². The molecule has 3 heterocycles. The van der Waals surface area contributed by atoms with Crippen molar-refractivity contribution in [2.24, 2.45) is 11.8 Å². The van der Waals surface area contributed by atoms with Crippen LogP contribution in [0.5, 0.6) is 0 Å². The van der Waals surface area contributed by atoms with Gasteiger partial charge in [-0.3, -0.25) is 9.78 Å². The molecule has 1 atom stereocenters. The van der Waals surface area contributed by atoms with Gasteiger partial charge in [0.1, 0.15) is 0 Å². The molecule has 1 fully saturated rings. The number of amides is 1. The van der Waals surface area contributed by atoms with Crippen LogP contribution in [0.15, 0.2) is 29.0 Å². The number of carbonyl (C=O) groups is 1. The van der Waals surface area contributed by atoms with E-state index in [1.807, 2.05) is 17.0 Å². The average molecular weight is 342 g/mol. The van der Waals surface area contributed by atoms with E-state index in [9.17, 15) is 4.79 Å². The number of aromatic nitrogens is 3. The van der Waals surface area contributed by atoms with E-state index >= 15 is 0 Å². The van der Waals surface area contributed by atoms with E-state index in [-0.39, 0.29) is 5.91 Å². The summed E-state index contributed by atoms with van der Waals surface area (Å²) in [6, 6.07) is 3.72. The number of hydrogen-bond acceptors (Lipinski definition) is 5. The SMILES string of the molecule is CC(C)C1CCCN(C(=O)CCc2nc(-c3cccnc3)no2)CC1. The molecule has 6 heteroatoms. The van der Waals surface area contributed by atoms with E-state index in [2.05, 4.69) is 29.0 Å². The van der Waals surface area contributed by atoms with Gasteiger partial charge in [0.05, 0.1) is 0 Å². The van der Waals surface area contributed by atoms with Gasteiger partial charge in [0.2, 0.25) is 17.6 Å². The Bertz CT molecular complexity index is 684. The lowest BCUT2D eigenvalue weighted by molar-refractivity contribution is -0.131. The minimum absolute atomic E-state index is 0.186. The van der Waals surface area contributed by atoms with Crippen molar-refractivity contribution in [1.29, 1.82) is 0 Å². The largest absolute Gasteiger partial charge is 0.343 e. The molecular formula is C19H26N4O2. The molecule has 0 saturated carbocycles. The summed E-state index contributed by atoms with van der Waals surface area (Å²) < 4.78 is 5.27. The maximum atomic E-state index is 12.5. The second kappa shape index (κ2) is 8.23. The van der Waals surface area contributed by atoms with E-state index in [0.717, 1.165) is 37.4 Å². The molecule has 0 radical (unpaired) electrons. The summed E-state index contributed by atoms with van der Waals surface area (Å²) in [5.74, 6) is 2.63.